The van der Waals surface area contributed by atoms with Crippen molar-refractivity contribution in [3.63, 3.8) is 0 Å². The number of carbonyl (C=O) groups is 1. The number of esters is 1. The van der Waals surface area contributed by atoms with Crippen molar-refractivity contribution in [3.8, 4) is 0 Å². The molecule has 1 atom stereocenters. The van der Waals surface area contributed by atoms with E-state index in [9.17, 15) is 4.79 Å². The Morgan fingerprint density at radius 2 is 2.04 bits per heavy atom. The molecule has 126 valence electrons. The van der Waals surface area contributed by atoms with Crippen LogP contribution >= 0.6 is 22.6 Å². The van der Waals surface area contributed by atoms with Gasteiger partial charge in [0, 0.05) is 23.2 Å². The third-order valence-corrected chi connectivity index (χ3v) is 4.60. The molecule has 0 radical (unpaired) electrons. The summed E-state index contributed by atoms with van der Waals surface area (Å²) in [6, 6.07) is 17.8. The van der Waals surface area contributed by atoms with Crippen LogP contribution in [0.2, 0.25) is 0 Å². The fourth-order valence-electron chi connectivity index (χ4n) is 2.73. The van der Waals surface area contributed by atoms with Crippen molar-refractivity contribution in [2.75, 3.05) is 26.3 Å². The van der Waals surface area contributed by atoms with Gasteiger partial charge in [-0.25, -0.2) is 4.79 Å². The summed E-state index contributed by atoms with van der Waals surface area (Å²) >= 11 is 2.18. The van der Waals surface area contributed by atoms with E-state index in [1.54, 1.807) is 6.07 Å². The highest BCUT2D eigenvalue weighted by molar-refractivity contribution is 14.1. The summed E-state index contributed by atoms with van der Waals surface area (Å²) in [5, 5.41) is 0. The molecule has 0 saturated carbocycles. The second-order valence-corrected chi connectivity index (χ2v) is 7.07. The Labute approximate surface area is 155 Å². The Hall–Kier alpha value is -1.44. The number of carbonyl (C=O) groups excluding carboxylic acids is 1. The van der Waals surface area contributed by atoms with Gasteiger partial charge in [0.05, 0.1) is 12.2 Å². The minimum Gasteiger partial charge on any atom is -0.459 e. The highest BCUT2D eigenvalue weighted by Crippen LogP contribution is 2.13. The molecule has 2 aromatic rings. The number of hydrogen-bond acceptors (Lipinski definition) is 4. The molecule has 3 rings (SSSR count). The zero-order chi connectivity index (χ0) is 16.8. The van der Waals surface area contributed by atoms with Gasteiger partial charge in [-0.3, -0.25) is 4.90 Å². The van der Waals surface area contributed by atoms with E-state index in [4.69, 9.17) is 9.47 Å². The molecular formula is C19H20INO3. The maximum absolute atomic E-state index is 12.1. The molecule has 1 fully saturated rings. The molecule has 2 aromatic carbocycles. The summed E-state index contributed by atoms with van der Waals surface area (Å²) in [5.41, 5.74) is 1.87. The predicted molar refractivity (Wildman–Crippen MR) is 101 cm³/mol. The van der Waals surface area contributed by atoms with Crippen molar-refractivity contribution >= 4 is 28.6 Å². The summed E-state index contributed by atoms with van der Waals surface area (Å²) in [4.78, 5) is 14.5. The van der Waals surface area contributed by atoms with Crippen LogP contribution in [0.4, 0.5) is 0 Å². The van der Waals surface area contributed by atoms with Gasteiger partial charge >= 0.3 is 5.97 Å². The van der Waals surface area contributed by atoms with Crippen LogP contribution in [0.1, 0.15) is 15.9 Å². The van der Waals surface area contributed by atoms with Gasteiger partial charge < -0.3 is 9.47 Å². The number of hydrogen-bond donors (Lipinski definition) is 0. The molecule has 0 spiro atoms. The van der Waals surface area contributed by atoms with Gasteiger partial charge in [0.2, 0.25) is 0 Å². The molecule has 0 aromatic heterocycles. The summed E-state index contributed by atoms with van der Waals surface area (Å²) in [7, 11) is 0. The smallest absolute Gasteiger partial charge is 0.338 e. The first-order valence-electron chi connectivity index (χ1n) is 8.01. The van der Waals surface area contributed by atoms with E-state index >= 15 is 0 Å². The molecule has 1 aliphatic heterocycles. The first kappa shape index (κ1) is 17.4. The lowest BCUT2D eigenvalue weighted by atomic mass is 10.2. The number of morpholine rings is 1. The topological polar surface area (TPSA) is 38.8 Å². The highest BCUT2D eigenvalue weighted by Gasteiger charge is 2.22. The maximum Gasteiger partial charge on any atom is 0.338 e. The second kappa shape index (κ2) is 8.60. The number of nitrogens with zero attached hydrogens (tertiary/aromatic N) is 1. The van der Waals surface area contributed by atoms with Crippen molar-refractivity contribution in [2.45, 2.75) is 12.6 Å². The van der Waals surface area contributed by atoms with Crippen LogP contribution in [-0.4, -0.2) is 43.3 Å². The normalized spacial score (nSPS) is 18.3. The standard InChI is InChI=1S/C19H20INO3/c20-17-8-4-7-16(11-17)19(22)24-14-18-13-21(9-10-23-18)12-15-5-2-1-3-6-15/h1-8,11,18H,9-10,12-14H2. The summed E-state index contributed by atoms with van der Waals surface area (Å²) in [5.74, 6) is -0.294. The maximum atomic E-state index is 12.1. The van der Waals surface area contributed by atoms with Crippen LogP contribution in [0.25, 0.3) is 0 Å². The van der Waals surface area contributed by atoms with Crippen LogP contribution in [0, 0.1) is 3.57 Å². The van der Waals surface area contributed by atoms with Crippen molar-refractivity contribution in [1.82, 2.24) is 4.90 Å². The van der Waals surface area contributed by atoms with Crippen LogP contribution in [0.5, 0.6) is 0 Å². The molecule has 24 heavy (non-hydrogen) atoms. The molecule has 1 aliphatic rings. The summed E-state index contributed by atoms with van der Waals surface area (Å²) in [6.07, 6.45) is -0.0748. The highest BCUT2D eigenvalue weighted by atomic mass is 127. The van der Waals surface area contributed by atoms with Crippen LogP contribution in [-0.2, 0) is 16.0 Å². The number of halogens is 1. The third kappa shape index (κ3) is 5.03. The van der Waals surface area contributed by atoms with E-state index < -0.39 is 0 Å². The Balaban J connectivity index is 1.49. The molecule has 0 bridgehead atoms. The average Bonchev–Trinajstić information content (AvgIpc) is 2.61. The molecule has 1 saturated heterocycles. The van der Waals surface area contributed by atoms with Crippen molar-refractivity contribution in [2.24, 2.45) is 0 Å². The lowest BCUT2D eigenvalue weighted by Gasteiger charge is -2.32. The van der Waals surface area contributed by atoms with E-state index in [1.165, 1.54) is 5.56 Å². The fourth-order valence-corrected chi connectivity index (χ4v) is 3.28. The van der Waals surface area contributed by atoms with Gasteiger partial charge in [-0.2, -0.15) is 0 Å². The van der Waals surface area contributed by atoms with Crippen molar-refractivity contribution in [3.05, 3.63) is 69.3 Å². The molecular weight excluding hydrogens is 417 g/mol. The summed E-state index contributed by atoms with van der Waals surface area (Å²) < 4.78 is 12.2. The number of ether oxygens (including phenoxy) is 2. The van der Waals surface area contributed by atoms with Gasteiger partial charge in [0.25, 0.3) is 0 Å². The van der Waals surface area contributed by atoms with Crippen molar-refractivity contribution < 1.29 is 14.3 Å². The monoisotopic (exact) mass is 437 g/mol. The van der Waals surface area contributed by atoms with Gasteiger partial charge in [-0.15, -0.1) is 0 Å². The van der Waals surface area contributed by atoms with E-state index in [0.717, 1.165) is 23.2 Å². The van der Waals surface area contributed by atoms with Gasteiger partial charge in [-0.1, -0.05) is 36.4 Å². The average molecular weight is 437 g/mol. The van der Waals surface area contributed by atoms with E-state index in [-0.39, 0.29) is 18.7 Å². The van der Waals surface area contributed by atoms with Gasteiger partial charge in [0.1, 0.15) is 12.7 Å². The Morgan fingerprint density at radius 1 is 1.21 bits per heavy atom. The first-order chi connectivity index (χ1) is 11.7. The second-order valence-electron chi connectivity index (χ2n) is 5.82. The lowest BCUT2D eigenvalue weighted by molar-refractivity contribution is -0.0612. The zero-order valence-electron chi connectivity index (χ0n) is 13.4. The third-order valence-electron chi connectivity index (χ3n) is 3.93. The lowest BCUT2D eigenvalue weighted by Crippen LogP contribution is -2.44. The molecule has 0 aliphatic carbocycles. The quantitative estimate of drug-likeness (QED) is 0.532. The Kier molecular flexibility index (Phi) is 6.23. The van der Waals surface area contributed by atoms with Crippen LogP contribution in [0.15, 0.2) is 54.6 Å². The van der Waals surface area contributed by atoms with Gasteiger partial charge in [-0.05, 0) is 46.4 Å². The molecule has 0 amide bonds. The summed E-state index contributed by atoms with van der Waals surface area (Å²) in [6.45, 7) is 3.52. The van der Waals surface area contributed by atoms with Crippen LogP contribution in [0.3, 0.4) is 0 Å². The molecule has 1 unspecified atom stereocenters. The molecule has 1 heterocycles. The van der Waals surface area contributed by atoms with Crippen LogP contribution < -0.4 is 0 Å². The Bertz CT molecular complexity index is 677. The van der Waals surface area contributed by atoms with Crippen molar-refractivity contribution in [1.29, 1.82) is 0 Å². The fraction of sp³-hybridized carbons (Fsp3) is 0.316. The number of rotatable bonds is 5. The zero-order valence-corrected chi connectivity index (χ0v) is 15.5. The molecule has 5 heteroatoms. The van der Waals surface area contributed by atoms with E-state index in [2.05, 4.69) is 51.8 Å². The SMILES string of the molecule is O=C(OCC1CN(Cc2ccccc2)CCO1)c1cccc(I)c1. The predicted octanol–water partition coefficient (Wildman–Crippen LogP) is 3.35. The minimum absolute atomic E-state index is 0.0748. The minimum atomic E-state index is -0.294. The largest absolute Gasteiger partial charge is 0.459 e. The Morgan fingerprint density at radius 3 is 2.83 bits per heavy atom. The number of benzene rings is 2. The molecule has 0 N–H and O–H groups in total. The first-order valence-corrected chi connectivity index (χ1v) is 9.09. The molecule has 4 nitrogen and oxygen atoms in total. The van der Waals surface area contributed by atoms with Gasteiger partial charge in [0.15, 0.2) is 0 Å². The van der Waals surface area contributed by atoms with E-state index in [1.807, 2.05) is 24.3 Å². The van der Waals surface area contributed by atoms with E-state index in [0.29, 0.717) is 12.2 Å².